The Balaban J connectivity index is 1.82. The van der Waals surface area contributed by atoms with Gasteiger partial charge in [-0.25, -0.2) is 9.59 Å². The molecule has 0 spiro atoms. The number of ketones is 2. The Morgan fingerprint density at radius 2 is 1.38 bits per heavy atom. The normalized spacial score (nSPS) is 17.1. The van der Waals surface area contributed by atoms with Crippen LogP contribution in [0.3, 0.4) is 0 Å². The molecule has 1 heterocycles. The number of rotatable bonds is 15. The van der Waals surface area contributed by atoms with Gasteiger partial charge in [-0.1, -0.05) is 49.7 Å². The molecule has 14 heteroatoms. The maximum absolute atomic E-state index is 14.9. The van der Waals surface area contributed by atoms with Crippen LogP contribution in [0.5, 0.6) is 11.5 Å². The molecule has 3 aromatic carbocycles. The number of likely N-dealkylation sites (N-methyl/N-ethyl adjacent to an activating group) is 1. The van der Waals surface area contributed by atoms with Crippen LogP contribution in [0.2, 0.25) is 0 Å². The second-order valence-electron chi connectivity index (χ2n) is 19.1. The molecule has 0 saturated carbocycles. The third-order valence-corrected chi connectivity index (χ3v) is 10.7. The largest absolute Gasteiger partial charge is 0.493 e. The molecule has 1 aliphatic rings. The Labute approximate surface area is 384 Å². The van der Waals surface area contributed by atoms with Gasteiger partial charge in [0.05, 0.1) is 13.2 Å². The molecule has 14 nitrogen and oxygen atoms in total. The topological polar surface area (TPSA) is 179 Å². The fourth-order valence-electron chi connectivity index (χ4n) is 7.71. The molecule has 0 aliphatic carbocycles. The molecule has 4 rings (SSSR count). The van der Waals surface area contributed by atoms with Crippen LogP contribution in [0.25, 0.3) is 11.1 Å². The summed E-state index contributed by atoms with van der Waals surface area (Å²) in [5.41, 5.74) is 3.43. The first kappa shape index (κ1) is 51.7. The van der Waals surface area contributed by atoms with Gasteiger partial charge in [0.15, 0.2) is 11.6 Å². The highest BCUT2D eigenvalue weighted by molar-refractivity contribution is 6.00. The molecule has 0 saturated heterocycles. The highest BCUT2D eigenvalue weighted by atomic mass is 16.6. The minimum atomic E-state index is -1.19. The third kappa shape index (κ3) is 15.6. The minimum Gasteiger partial charge on any atom is -0.493 e. The lowest BCUT2D eigenvalue weighted by molar-refractivity contribution is -0.142. The van der Waals surface area contributed by atoms with Crippen LogP contribution in [0, 0.1) is 25.7 Å². The van der Waals surface area contributed by atoms with Crippen molar-refractivity contribution >= 4 is 35.6 Å². The number of aryl methyl sites for hydroxylation is 2. The van der Waals surface area contributed by atoms with E-state index in [9.17, 15) is 28.8 Å². The van der Waals surface area contributed by atoms with Crippen molar-refractivity contribution in [3.05, 3.63) is 82.4 Å². The zero-order chi connectivity index (χ0) is 48.2. The molecule has 1 aliphatic heterocycles. The first-order valence-corrected chi connectivity index (χ1v) is 22.6. The van der Waals surface area contributed by atoms with Crippen molar-refractivity contribution in [1.82, 2.24) is 20.9 Å². The molecule has 65 heavy (non-hydrogen) atoms. The van der Waals surface area contributed by atoms with Gasteiger partial charge in [-0.05, 0) is 123 Å². The van der Waals surface area contributed by atoms with E-state index in [0.29, 0.717) is 46.8 Å². The van der Waals surface area contributed by atoms with E-state index in [2.05, 4.69) is 16.0 Å². The predicted octanol–water partition coefficient (Wildman–Crippen LogP) is 8.62. The monoisotopic (exact) mass is 899 g/mol. The molecule has 354 valence electrons. The maximum atomic E-state index is 14.9. The van der Waals surface area contributed by atoms with E-state index in [-0.39, 0.29) is 62.5 Å². The number of nitrogens with zero attached hydrogens (tertiary/aromatic N) is 1. The molecule has 3 N–H and O–H groups in total. The summed E-state index contributed by atoms with van der Waals surface area (Å²) in [6.45, 7) is 20.6. The van der Waals surface area contributed by atoms with E-state index in [4.69, 9.17) is 18.9 Å². The summed E-state index contributed by atoms with van der Waals surface area (Å²) in [6.07, 6.45) is -0.327. The van der Waals surface area contributed by atoms with E-state index in [1.807, 2.05) is 64.1 Å². The smallest absolute Gasteiger partial charge is 0.407 e. The Morgan fingerprint density at radius 1 is 0.785 bits per heavy atom. The highest BCUT2D eigenvalue weighted by Gasteiger charge is 2.36. The van der Waals surface area contributed by atoms with Gasteiger partial charge in [0.1, 0.15) is 35.3 Å². The number of nitrogens with one attached hydrogen (secondary N) is 3. The fraction of sp³-hybridized carbons (Fsp3) is 0.529. The lowest BCUT2D eigenvalue weighted by Gasteiger charge is -2.32. The number of amides is 4. The standard InChI is InChI=1S/C51H70N4O10/c1-13-23-62-44-19-16-36-29-40(44)39-28-35(15-18-43(39)63-24-22-53-49(61)65-51(9,10)11)27-34(5)54-46(58)33(4)26-42(57)45(36)55(12)47(59)37(20-21-52-48(60)64-50(6,7)8)30-41(56)38-17-14-31(2)25-32(38)3/h14-19,25,28-29,33-34,37,45H,13,20-24,26-27,30H2,1-12H3,(H,52,60)(H,53,61)(H,54,58)/t33-,34-,37-,45+/m1/s1. The summed E-state index contributed by atoms with van der Waals surface area (Å²) in [6, 6.07) is 15.1. The minimum absolute atomic E-state index is 0.0212. The molecule has 0 fully saturated rings. The van der Waals surface area contributed by atoms with Crippen LogP contribution in [0.15, 0.2) is 54.6 Å². The average Bonchev–Trinajstić information content (AvgIpc) is 3.19. The molecule has 0 aromatic heterocycles. The molecule has 0 unspecified atom stereocenters. The van der Waals surface area contributed by atoms with Crippen LogP contribution < -0.4 is 25.4 Å². The lowest BCUT2D eigenvalue weighted by Crippen LogP contribution is -2.43. The second-order valence-corrected chi connectivity index (χ2v) is 19.1. The summed E-state index contributed by atoms with van der Waals surface area (Å²) in [7, 11) is 1.53. The first-order valence-electron chi connectivity index (χ1n) is 22.6. The lowest BCUT2D eigenvalue weighted by atomic mass is 9.88. The van der Waals surface area contributed by atoms with Crippen molar-refractivity contribution in [2.24, 2.45) is 11.8 Å². The van der Waals surface area contributed by atoms with Crippen LogP contribution in [0.1, 0.15) is 127 Å². The van der Waals surface area contributed by atoms with Gasteiger partial charge in [0, 0.05) is 61.0 Å². The number of hydrogen-bond acceptors (Lipinski definition) is 10. The van der Waals surface area contributed by atoms with Gasteiger partial charge in [-0.15, -0.1) is 0 Å². The average molecular weight is 899 g/mol. The van der Waals surface area contributed by atoms with Crippen LogP contribution in [-0.2, 0) is 30.3 Å². The van der Waals surface area contributed by atoms with E-state index < -0.39 is 47.2 Å². The van der Waals surface area contributed by atoms with Crippen LogP contribution in [0.4, 0.5) is 9.59 Å². The Bertz CT molecular complexity index is 2190. The second kappa shape index (κ2) is 22.8. The molecular formula is C51H70N4O10. The number of ether oxygens (including phenoxy) is 4. The van der Waals surface area contributed by atoms with E-state index in [1.165, 1.54) is 11.9 Å². The Morgan fingerprint density at radius 3 is 2.00 bits per heavy atom. The number of Topliss-reactive ketones (excluding diaryl/α,β-unsaturated/α-hetero) is 2. The summed E-state index contributed by atoms with van der Waals surface area (Å²) in [5, 5.41) is 8.50. The van der Waals surface area contributed by atoms with Gasteiger partial charge >= 0.3 is 12.2 Å². The van der Waals surface area contributed by atoms with Gasteiger partial charge in [-0.2, -0.15) is 0 Å². The van der Waals surface area contributed by atoms with Gasteiger partial charge in [-0.3, -0.25) is 19.2 Å². The number of carbonyl (C=O) groups is 6. The van der Waals surface area contributed by atoms with Gasteiger partial charge < -0.3 is 39.8 Å². The zero-order valence-corrected chi connectivity index (χ0v) is 40.4. The summed E-state index contributed by atoms with van der Waals surface area (Å²) < 4.78 is 23.4. The highest BCUT2D eigenvalue weighted by Crippen LogP contribution is 2.41. The summed E-state index contributed by atoms with van der Waals surface area (Å²) in [4.78, 5) is 83.7. The number of fused-ring (bicyclic) bond motifs is 5. The van der Waals surface area contributed by atoms with Crippen LogP contribution >= 0.6 is 0 Å². The van der Waals surface area contributed by atoms with Crippen LogP contribution in [-0.4, -0.2) is 91.1 Å². The van der Waals surface area contributed by atoms with E-state index >= 15 is 0 Å². The number of alkyl carbamates (subject to hydrolysis) is 2. The van der Waals surface area contributed by atoms with Crippen molar-refractivity contribution in [2.75, 3.05) is 33.4 Å². The van der Waals surface area contributed by atoms with E-state index in [1.54, 1.807) is 66.7 Å². The van der Waals surface area contributed by atoms with Crippen molar-refractivity contribution in [1.29, 1.82) is 0 Å². The maximum Gasteiger partial charge on any atom is 0.407 e. The Kier molecular flexibility index (Phi) is 18.1. The zero-order valence-electron chi connectivity index (χ0n) is 40.4. The molecule has 3 aromatic rings. The number of benzene rings is 3. The molecular weight excluding hydrogens is 829 g/mol. The fourth-order valence-corrected chi connectivity index (χ4v) is 7.71. The Hall–Kier alpha value is -5.92. The van der Waals surface area contributed by atoms with Crippen molar-refractivity contribution in [2.45, 2.75) is 132 Å². The summed E-state index contributed by atoms with van der Waals surface area (Å²) >= 11 is 0. The summed E-state index contributed by atoms with van der Waals surface area (Å²) in [5.74, 6) is -2.11. The number of carbonyl (C=O) groups excluding carboxylic acids is 6. The first-order chi connectivity index (χ1) is 30.5. The number of hydrogen-bond donors (Lipinski definition) is 3. The quantitative estimate of drug-likeness (QED) is 0.0988. The molecule has 4 bridgehead atoms. The molecule has 4 amide bonds. The van der Waals surface area contributed by atoms with Gasteiger partial charge in [0.25, 0.3) is 0 Å². The van der Waals surface area contributed by atoms with Crippen molar-refractivity contribution in [3.63, 3.8) is 0 Å². The van der Waals surface area contributed by atoms with Crippen molar-refractivity contribution in [3.8, 4) is 22.6 Å². The molecule has 0 radical (unpaired) electrons. The predicted molar refractivity (Wildman–Crippen MR) is 250 cm³/mol. The van der Waals surface area contributed by atoms with E-state index in [0.717, 1.165) is 23.1 Å². The third-order valence-electron chi connectivity index (χ3n) is 10.7. The van der Waals surface area contributed by atoms with Gasteiger partial charge in [0.2, 0.25) is 11.8 Å². The SMILES string of the molecule is CCCOc1ccc2cc1-c1cc(ccc1OCCNC(=O)OC(C)(C)C)C[C@@H](C)NC(=O)[C@H](C)CC(=O)[C@H]2N(C)C(=O)[C@H](CCNC(=O)OC(C)(C)C)CC(=O)c1ccc(C)cc1C. The molecule has 4 atom stereocenters. The van der Waals surface area contributed by atoms with Crippen molar-refractivity contribution < 1.29 is 47.7 Å².